The summed E-state index contributed by atoms with van der Waals surface area (Å²) in [6, 6.07) is 18.9. The number of fused-ring (bicyclic) bond motifs is 1. The van der Waals surface area contributed by atoms with E-state index in [0.29, 0.717) is 35.8 Å². The summed E-state index contributed by atoms with van der Waals surface area (Å²) in [5, 5.41) is 2.83. The molecule has 35 heavy (non-hydrogen) atoms. The van der Waals surface area contributed by atoms with Gasteiger partial charge in [0.15, 0.2) is 6.61 Å². The molecular weight excluding hydrogens is 447 g/mol. The SMILES string of the molecule is CC(C)(C)c1ccc(OCCN2C(=O)COc3ccc(NC(=O)Cc4ccc(F)cc4)cc32)cc1. The lowest BCUT2D eigenvalue weighted by Gasteiger charge is -2.29. The molecule has 0 unspecified atom stereocenters. The Kier molecular flexibility index (Phi) is 7.05. The lowest BCUT2D eigenvalue weighted by atomic mass is 9.87. The zero-order chi connectivity index (χ0) is 25.0. The molecule has 6 nitrogen and oxygen atoms in total. The van der Waals surface area contributed by atoms with Gasteiger partial charge < -0.3 is 19.7 Å². The molecule has 0 saturated carbocycles. The average Bonchev–Trinajstić information content (AvgIpc) is 2.82. The summed E-state index contributed by atoms with van der Waals surface area (Å²) in [6.07, 6.45) is 0.109. The van der Waals surface area contributed by atoms with Crippen molar-refractivity contribution in [2.24, 2.45) is 0 Å². The van der Waals surface area contributed by atoms with E-state index in [1.165, 1.54) is 17.7 Å². The van der Waals surface area contributed by atoms with Crippen LogP contribution in [0.5, 0.6) is 11.5 Å². The number of rotatable bonds is 7. The molecule has 7 heteroatoms. The van der Waals surface area contributed by atoms with E-state index >= 15 is 0 Å². The van der Waals surface area contributed by atoms with Gasteiger partial charge in [-0.3, -0.25) is 9.59 Å². The van der Waals surface area contributed by atoms with Gasteiger partial charge in [0.2, 0.25) is 5.91 Å². The number of halogens is 1. The van der Waals surface area contributed by atoms with Crippen LogP contribution in [-0.4, -0.2) is 31.6 Å². The highest BCUT2D eigenvalue weighted by Crippen LogP contribution is 2.34. The van der Waals surface area contributed by atoms with Gasteiger partial charge in [-0.25, -0.2) is 4.39 Å². The number of carbonyl (C=O) groups is 2. The van der Waals surface area contributed by atoms with Crippen LogP contribution in [0.3, 0.4) is 0 Å². The highest BCUT2D eigenvalue weighted by Gasteiger charge is 2.26. The van der Waals surface area contributed by atoms with Crippen molar-refractivity contribution in [1.29, 1.82) is 0 Å². The van der Waals surface area contributed by atoms with Crippen LogP contribution in [-0.2, 0) is 21.4 Å². The number of hydrogen-bond donors (Lipinski definition) is 1. The van der Waals surface area contributed by atoms with Crippen LogP contribution in [0.2, 0.25) is 0 Å². The van der Waals surface area contributed by atoms with Gasteiger partial charge in [-0.15, -0.1) is 0 Å². The molecule has 3 aromatic rings. The van der Waals surface area contributed by atoms with E-state index in [-0.39, 0.29) is 36.1 Å². The molecular formula is C28H29FN2O4. The summed E-state index contributed by atoms with van der Waals surface area (Å²) < 4.78 is 24.5. The fourth-order valence-electron chi connectivity index (χ4n) is 3.82. The van der Waals surface area contributed by atoms with Crippen molar-refractivity contribution in [3.63, 3.8) is 0 Å². The smallest absolute Gasteiger partial charge is 0.265 e. The van der Waals surface area contributed by atoms with Crippen LogP contribution in [0.25, 0.3) is 0 Å². The highest BCUT2D eigenvalue weighted by molar-refractivity contribution is 5.99. The summed E-state index contributed by atoms with van der Waals surface area (Å²) in [6.45, 7) is 7.06. The van der Waals surface area contributed by atoms with Gasteiger partial charge in [-0.1, -0.05) is 45.0 Å². The summed E-state index contributed by atoms with van der Waals surface area (Å²) in [4.78, 5) is 26.7. The van der Waals surface area contributed by atoms with Crippen LogP contribution in [0.1, 0.15) is 31.9 Å². The second-order valence-electron chi connectivity index (χ2n) is 9.49. The maximum atomic E-state index is 13.1. The van der Waals surface area contributed by atoms with E-state index in [4.69, 9.17) is 9.47 Å². The standard InChI is InChI=1S/C28H29FN2O4/c1-28(2,3)20-6-11-23(12-7-20)34-15-14-31-24-17-22(10-13-25(24)35-18-27(31)33)30-26(32)16-19-4-8-21(29)9-5-19/h4-13,17H,14-16,18H2,1-3H3,(H,30,32). The summed E-state index contributed by atoms with van der Waals surface area (Å²) >= 11 is 0. The van der Waals surface area contributed by atoms with Crippen molar-refractivity contribution in [3.8, 4) is 11.5 Å². The van der Waals surface area contributed by atoms with E-state index in [1.807, 2.05) is 24.3 Å². The predicted molar refractivity (Wildman–Crippen MR) is 134 cm³/mol. The first kappa shape index (κ1) is 24.3. The summed E-state index contributed by atoms with van der Waals surface area (Å²) in [5.41, 5.74) is 3.10. The van der Waals surface area contributed by atoms with E-state index in [1.54, 1.807) is 35.2 Å². The van der Waals surface area contributed by atoms with Gasteiger partial charge >= 0.3 is 0 Å². The molecule has 3 aromatic carbocycles. The monoisotopic (exact) mass is 476 g/mol. The molecule has 4 rings (SSSR count). The topological polar surface area (TPSA) is 67.9 Å². The van der Waals surface area contributed by atoms with Gasteiger partial charge in [-0.05, 0) is 59.0 Å². The molecule has 0 fully saturated rings. The quantitative estimate of drug-likeness (QED) is 0.515. The van der Waals surface area contributed by atoms with Crippen molar-refractivity contribution >= 4 is 23.2 Å². The number of benzene rings is 3. The Bertz CT molecular complexity index is 1200. The third-order valence-corrected chi connectivity index (χ3v) is 5.77. The molecule has 0 radical (unpaired) electrons. The Hall–Kier alpha value is -3.87. The fraction of sp³-hybridized carbons (Fsp3) is 0.286. The first-order valence-corrected chi connectivity index (χ1v) is 11.5. The minimum absolute atomic E-state index is 0.0520. The van der Waals surface area contributed by atoms with E-state index in [2.05, 4.69) is 26.1 Å². The first-order valence-electron chi connectivity index (χ1n) is 11.5. The molecule has 0 aliphatic carbocycles. The Labute approximate surface area is 204 Å². The minimum Gasteiger partial charge on any atom is -0.492 e. The van der Waals surface area contributed by atoms with Crippen LogP contribution < -0.4 is 19.7 Å². The lowest BCUT2D eigenvalue weighted by Crippen LogP contribution is -2.41. The van der Waals surface area contributed by atoms with Crippen molar-refractivity contribution in [2.45, 2.75) is 32.6 Å². The van der Waals surface area contributed by atoms with Crippen LogP contribution >= 0.6 is 0 Å². The molecule has 0 saturated heterocycles. The van der Waals surface area contributed by atoms with Crippen molar-refractivity contribution in [1.82, 2.24) is 0 Å². The molecule has 0 bridgehead atoms. The molecule has 1 aliphatic rings. The lowest BCUT2D eigenvalue weighted by molar-refractivity contribution is -0.121. The van der Waals surface area contributed by atoms with Gasteiger partial charge in [0.05, 0.1) is 18.7 Å². The number of nitrogens with zero attached hydrogens (tertiary/aromatic N) is 1. The number of nitrogens with one attached hydrogen (secondary N) is 1. The normalized spacial score (nSPS) is 13.1. The summed E-state index contributed by atoms with van der Waals surface area (Å²) in [7, 11) is 0. The van der Waals surface area contributed by atoms with Gasteiger partial charge in [0, 0.05) is 5.69 Å². The second kappa shape index (κ2) is 10.2. The third kappa shape index (κ3) is 6.18. The molecule has 0 atom stereocenters. The number of carbonyl (C=O) groups excluding carboxylic acids is 2. The summed E-state index contributed by atoms with van der Waals surface area (Å²) in [5.74, 6) is 0.531. The molecule has 0 aromatic heterocycles. The minimum atomic E-state index is -0.348. The number of ether oxygens (including phenoxy) is 2. The largest absolute Gasteiger partial charge is 0.492 e. The zero-order valence-corrected chi connectivity index (χ0v) is 20.1. The molecule has 1 aliphatic heterocycles. The van der Waals surface area contributed by atoms with Crippen LogP contribution in [0.4, 0.5) is 15.8 Å². The highest BCUT2D eigenvalue weighted by atomic mass is 19.1. The third-order valence-electron chi connectivity index (χ3n) is 5.77. The zero-order valence-electron chi connectivity index (χ0n) is 20.1. The average molecular weight is 477 g/mol. The van der Waals surface area contributed by atoms with Gasteiger partial charge in [0.1, 0.15) is 23.9 Å². The molecule has 182 valence electrons. The van der Waals surface area contributed by atoms with E-state index in [0.717, 1.165) is 5.75 Å². The molecule has 1 heterocycles. The van der Waals surface area contributed by atoms with E-state index < -0.39 is 0 Å². The molecule has 0 spiro atoms. The van der Waals surface area contributed by atoms with Gasteiger partial charge in [-0.2, -0.15) is 0 Å². The van der Waals surface area contributed by atoms with Crippen molar-refractivity contribution in [2.75, 3.05) is 30.0 Å². The Morgan fingerprint density at radius 2 is 1.77 bits per heavy atom. The number of amides is 2. The number of anilines is 2. The van der Waals surface area contributed by atoms with Crippen molar-refractivity contribution < 1.29 is 23.5 Å². The van der Waals surface area contributed by atoms with Crippen LogP contribution in [0.15, 0.2) is 66.7 Å². The van der Waals surface area contributed by atoms with Crippen LogP contribution in [0, 0.1) is 5.82 Å². The molecule has 2 amide bonds. The van der Waals surface area contributed by atoms with E-state index in [9.17, 15) is 14.0 Å². The van der Waals surface area contributed by atoms with Crippen molar-refractivity contribution in [3.05, 3.63) is 83.7 Å². The first-order chi connectivity index (χ1) is 16.7. The predicted octanol–water partition coefficient (Wildman–Crippen LogP) is 5.11. The maximum absolute atomic E-state index is 13.1. The second-order valence-corrected chi connectivity index (χ2v) is 9.49. The number of hydrogen-bond acceptors (Lipinski definition) is 4. The maximum Gasteiger partial charge on any atom is 0.265 e. The Morgan fingerprint density at radius 3 is 2.46 bits per heavy atom. The van der Waals surface area contributed by atoms with Gasteiger partial charge in [0.25, 0.3) is 5.91 Å². The fourth-order valence-corrected chi connectivity index (χ4v) is 3.82. The Balaban J connectivity index is 1.40. The Morgan fingerprint density at radius 1 is 1.06 bits per heavy atom. The molecule has 1 N–H and O–H groups in total.